The SMILES string of the molecule is CCOc1ccccc1NC(=O)C(=O)N/N=C/c1ccccc1OC(=O)c1ccc(C)cc1. The van der Waals surface area contributed by atoms with Gasteiger partial charge in [-0.25, -0.2) is 10.2 Å². The molecule has 0 saturated heterocycles. The molecule has 2 amide bonds. The third-order valence-electron chi connectivity index (χ3n) is 4.42. The number of carbonyl (C=O) groups excluding carboxylic acids is 3. The van der Waals surface area contributed by atoms with Crippen molar-refractivity contribution in [3.63, 3.8) is 0 Å². The molecule has 0 aromatic heterocycles. The number of nitrogens with one attached hydrogen (secondary N) is 2. The van der Waals surface area contributed by atoms with Crippen molar-refractivity contribution >= 4 is 29.7 Å². The minimum absolute atomic E-state index is 0.260. The number of hydrogen-bond donors (Lipinski definition) is 2. The average molecular weight is 445 g/mol. The Morgan fingerprint density at radius 2 is 1.55 bits per heavy atom. The molecule has 3 aromatic rings. The number of ether oxygens (including phenoxy) is 2. The van der Waals surface area contributed by atoms with Gasteiger partial charge >= 0.3 is 17.8 Å². The van der Waals surface area contributed by atoms with E-state index < -0.39 is 17.8 Å². The summed E-state index contributed by atoms with van der Waals surface area (Å²) in [4.78, 5) is 36.7. The second-order valence-corrected chi connectivity index (χ2v) is 6.88. The van der Waals surface area contributed by atoms with E-state index in [9.17, 15) is 14.4 Å². The van der Waals surface area contributed by atoms with Gasteiger partial charge in [0.05, 0.1) is 24.1 Å². The molecule has 0 bridgehead atoms. The number of para-hydroxylation sites is 3. The molecule has 0 fully saturated rings. The van der Waals surface area contributed by atoms with E-state index in [2.05, 4.69) is 15.8 Å². The second kappa shape index (κ2) is 11.2. The zero-order valence-corrected chi connectivity index (χ0v) is 18.2. The van der Waals surface area contributed by atoms with Crippen LogP contribution in [0.4, 0.5) is 5.69 Å². The van der Waals surface area contributed by atoms with Gasteiger partial charge < -0.3 is 14.8 Å². The van der Waals surface area contributed by atoms with Crippen LogP contribution in [0.25, 0.3) is 0 Å². The summed E-state index contributed by atoms with van der Waals surface area (Å²) in [5.74, 6) is -1.68. The quantitative estimate of drug-likeness (QED) is 0.190. The Labute approximate surface area is 191 Å². The Balaban J connectivity index is 1.62. The Bertz CT molecular complexity index is 1170. The number of amides is 2. The first-order chi connectivity index (χ1) is 16.0. The van der Waals surface area contributed by atoms with Crippen LogP contribution in [0.15, 0.2) is 77.9 Å². The van der Waals surface area contributed by atoms with Crippen LogP contribution in [0.3, 0.4) is 0 Å². The fraction of sp³-hybridized carbons (Fsp3) is 0.120. The molecular weight excluding hydrogens is 422 g/mol. The third-order valence-corrected chi connectivity index (χ3v) is 4.42. The van der Waals surface area contributed by atoms with Crippen molar-refractivity contribution in [1.29, 1.82) is 0 Å². The summed E-state index contributed by atoms with van der Waals surface area (Å²) < 4.78 is 10.9. The molecule has 0 unspecified atom stereocenters. The first-order valence-corrected chi connectivity index (χ1v) is 10.2. The molecule has 0 aliphatic rings. The van der Waals surface area contributed by atoms with Gasteiger partial charge in [0.2, 0.25) is 0 Å². The normalized spacial score (nSPS) is 10.5. The summed E-state index contributed by atoms with van der Waals surface area (Å²) in [6.45, 7) is 4.15. The number of aryl methyl sites for hydroxylation is 1. The molecule has 0 aliphatic heterocycles. The van der Waals surface area contributed by atoms with E-state index >= 15 is 0 Å². The van der Waals surface area contributed by atoms with E-state index in [-0.39, 0.29) is 5.75 Å². The maximum atomic E-state index is 12.4. The smallest absolute Gasteiger partial charge is 0.343 e. The first-order valence-electron chi connectivity index (χ1n) is 10.2. The fourth-order valence-corrected chi connectivity index (χ4v) is 2.77. The summed E-state index contributed by atoms with van der Waals surface area (Å²) in [7, 11) is 0. The van der Waals surface area contributed by atoms with Gasteiger partial charge in [0.1, 0.15) is 11.5 Å². The van der Waals surface area contributed by atoms with E-state index in [0.29, 0.717) is 29.2 Å². The summed E-state index contributed by atoms with van der Waals surface area (Å²) in [5.41, 5.74) is 4.41. The van der Waals surface area contributed by atoms with Gasteiger partial charge in [-0.2, -0.15) is 5.10 Å². The molecule has 0 aliphatic carbocycles. The van der Waals surface area contributed by atoms with E-state index in [0.717, 1.165) is 5.56 Å². The average Bonchev–Trinajstić information content (AvgIpc) is 2.82. The lowest BCUT2D eigenvalue weighted by Gasteiger charge is -2.10. The molecule has 8 nitrogen and oxygen atoms in total. The van der Waals surface area contributed by atoms with Crippen LogP contribution in [0, 0.1) is 6.92 Å². The predicted molar refractivity (Wildman–Crippen MR) is 125 cm³/mol. The molecule has 0 heterocycles. The maximum Gasteiger partial charge on any atom is 0.343 e. The zero-order valence-electron chi connectivity index (χ0n) is 18.2. The monoisotopic (exact) mass is 445 g/mol. The van der Waals surface area contributed by atoms with E-state index in [1.807, 2.05) is 26.0 Å². The number of anilines is 1. The first kappa shape index (κ1) is 23.2. The van der Waals surface area contributed by atoms with E-state index in [4.69, 9.17) is 9.47 Å². The summed E-state index contributed by atoms with van der Waals surface area (Å²) in [6.07, 6.45) is 1.29. The molecule has 0 atom stereocenters. The number of rotatable bonds is 7. The van der Waals surface area contributed by atoms with E-state index in [1.165, 1.54) is 6.21 Å². The number of esters is 1. The molecule has 0 spiro atoms. The highest BCUT2D eigenvalue weighted by molar-refractivity contribution is 6.39. The summed E-state index contributed by atoms with van der Waals surface area (Å²) in [6, 6.07) is 20.5. The van der Waals surface area contributed by atoms with Crippen LogP contribution in [0.5, 0.6) is 11.5 Å². The van der Waals surface area contributed by atoms with Gasteiger partial charge in [-0.05, 0) is 50.2 Å². The van der Waals surface area contributed by atoms with Gasteiger partial charge in [0, 0.05) is 5.56 Å². The molecular formula is C25H23N3O5. The largest absolute Gasteiger partial charge is 0.492 e. The maximum absolute atomic E-state index is 12.4. The summed E-state index contributed by atoms with van der Waals surface area (Å²) in [5, 5.41) is 6.29. The summed E-state index contributed by atoms with van der Waals surface area (Å²) >= 11 is 0. The minimum Gasteiger partial charge on any atom is -0.492 e. The van der Waals surface area contributed by atoms with E-state index in [1.54, 1.807) is 60.7 Å². The number of carbonyl (C=O) groups is 3. The Kier molecular flexibility index (Phi) is 7.91. The van der Waals surface area contributed by atoms with Gasteiger partial charge in [-0.1, -0.05) is 42.0 Å². The van der Waals surface area contributed by atoms with Gasteiger partial charge in [-0.3, -0.25) is 9.59 Å². The molecule has 3 aromatic carbocycles. The molecule has 0 saturated carbocycles. The molecule has 168 valence electrons. The van der Waals surface area contributed by atoms with Crippen LogP contribution in [-0.2, 0) is 9.59 Å². The molecule has 8 heteroatoms. The number of hydrazone groups is 1. The lowest BCUT2D eigenvalue weighted by atomic mass is 10.1. The Hall–Kier alpha value is -4.46. The van der Waals surface area contributed by atoms with Crippen molar-refractivity contribution in [2.24, 2.45) is 5.10 Å². The fourth-order valence-electron chi connectivity index (χ4n) is 2.77. The molecule has 3 rings (SSSR count). The van der Waals surface area contributed by atoms with Gasteiger partial charge in [0.15, 0.2) is 0 Å². The number of hydrogen-bond acceptors (Lipinski definition) is 6. The number of nitrogens with zero attached hydrogens (tertiary/aromatic N) is 1. The number of benzene rings is 3. The topological polar surface area (TPSA) is 106 Å². The van der Waals surface area contributed by atoms with Gasteiger partial charge in [-0.15, -0.1) is 0 Å². The molecule has 33 heavy (non-hydrogen) atoms. The predicted octanol–water partition coefficient (Wildman–Crippen LogP) is 3.70. The van der Waals surface area contributed by atoms with Crippen molar-refractivity contribution in [1.82, 2.24) is 5.43 Å². The Morgan fingerprint density at radius 1 is 0.879 bits per heavy atom. The highest BCUT2D eigenvalue weighted by Crippen LogP contribution is 2.23. The van der Waals surface area contributed by atoms with Crippen LogP contribution in [0.2, 0.25) is 0 Å². The van der Waals surface area contributed by atoms with Crippen molar-refractivity contribution in [3.05, 3.63) is 89.5 Å². The van der Waals surface area contributed by atoms with Crippen LogP contribution in [0.1, 0.15) is 28.4 Å². The van der Waals surface area contributed by atoms with Crippen molar-refractivity contribution in [3.8, 4) is 11.5 Å². The second-order valence-electron chi connectivity index (χ2n) is 6.88. The van der Waals surface area contributed by atoms with Crippen molar-refractivity contribution < 1.29 is 23.9 Å². The zero-order chi connectivity index (χ0) is 23.6. The lowest BCUT2D eigenvalue weighted by Crippen LogP contribution is -2.32. The van der Waals surface area contributed by atoms with Crippen molar-refractivity contribution in [2.45, 2.75) is 13.8 Å². The van der Waals surface area contributed by atoms with Crippen LogP contribution in [-0.4, -0.2) is 30.6 Å². The standard InChI is InChI=1S/C25H23N3O5/c1-3-32-22-11-7-5-9-20(22)27-23(29)24(30)28-26-16-19-8-4-6-10-21(19)33-25(31)18-14-12-17(2)13-15-18/h4-16H,3H2,1-2H3,(H,27,29)(H,28,30)/b26-16+. The van der Waals surface area contributed by atoms with Crippen LogP contribution < -0.4 is 20.2 Å². The highest BCUT2D eigenvalue weighted by atomic mass is 16.5. The van der Waals surface area contributed by atoms with Gasteiger partial charge in [0.25, 0.3) is 0 Å². The lowest BCUT2D eigenvalue weighted by molar-refractivity contribution is -0.136. The highest BCUT2D eigenvalue weighted by Gasteiger charge is 2.15. The molecule has 2 N–H and O–H groups in total. The van der Waals surface area contributed by atoms with Crippen molar-refractivity contribution in [2.75, 3.05) is 11.9 Å². The minimum atomic E-state index is -0.966. The Morgan fingerprint density at radius 3 is 2.27 bits per heavy atom. The molecule has 0 radical (unpaired) electrons. The third kappa shape index (κ3) is 6.51. The van der Waals surface area contributed by atoms with Crippen LogP contribution >= 0.6 is 0 Å².